The van der Waals surface area contributed by atoms with Crippen LogP contribution in [0.2, 0.25) is 0 Å². The van der Waals surface area contributed by atoms with E-state index in [0.717, 1.165) is 18.8 Å². The molecule has 1 aliphatic rings. The molecule has 0 fully saturated rings. The Labute approximate surface area is 79.4 Å². The van der Waals surface area contributed by atoms with Crippen LogP contribution in [0.5, 0.6) is 0 Å². The van der Waals surface area contributed by atoms with E-state index >= 15 is 0 Å². The lowest BCUT2D eigenvalue weighted by Crippen LogP contribution is -2.19. The molecule has 2 N–H and O–H groups in total. The van der Waals surface area contributed by atoms with Gasteiger partial charge in [0, 0.05) is 24.5 Å². The molecular weight excluding hydrogens is 160 g/mol. The molecular formula is C11H16N2. The molecule has 2 nitrogen and oxygen atoms in total. The summed E-state index contributed by atoms with van der Waals surface area (Å²) in [6, 6.07) is 4.33. The van der Waals surface area contributed by atoms with Gasteiger partial charge in [0.2, 0.25) is 0 Å². The lowest BCUT2D eigenvalue weighted by Gasteiger charge is -2.17. The van der Waals surface area contributed by atoms with Crippen LogP contribution in [0, 0.1) is 6.92 Å². The van der Waals surface area contributed by atoms with Crippen LogP contribution in [0.4, 0.5) is 11.4 Å². The number of nitrogens with zero attached hydrogens (tertiary/aromatic N) is 1. The molecule has 0 bridgehead atoms. The van der Waals surface area contributed by atoms with Crippen molar-refractivity contribution in [2.24, 2.45) is 0 Å². The Kier molecular flexibility index (Phi) is 1.91. The van der Waals surface area contributed by atoms with E-state index in [1.165, 1.54) is 23.2 Å². The Hall–Kier alpha value is -1.18. The third-order valence-electron chi connectivity index (χ3n) is 2.84. The summed E-state index contributed by atoms with van der Waals surface area (Å²) in [7, 11) is 0. The van der Waals surface area contributed by atoms with Crippen LogP contribution in [-0.4, -0.2) is 13.1 Å². The quantitative estimate of drug-likeness (QED) is 0.663. The lowest BCUT2D eigenvalue weighted by atomic mass is 10.1. The van der Waals surface area contributed by atoms with Crippen molar-refractivity contribution in [3.05, 3.63) is 23.3 Å². The summed E-state index contributed by atoms with van der Waals surface area (Å²) in [5.74, 6) is 0. The van der Waals surface area contributed by atoms with Gasteiger partial charge in [-0.2, -0.15) is 0 Å². The van der Waals surface area contributed by atoms with Crippen molar-refractivity contribution in [2.45, 2.75) is 20.3 Å². The van der Waals surface area contributed by atoms with E-state index in [9.17, 15) is 0 Å². The number of nitrogen functional groups attached to an aromatic ring is 1. The summed E-state index contributed by atoms with van der Waals surface area (Å²) >= 11 is 0. The van der Waals surface area contributed by atoms with Gasteiger partial charge in [-0.15, -0.1) is 0 Å². The number of benzene rings is 1. The standard InChI is InChI=1S/C11H16N2/c1-3-13-5-4-9-6-8(2)10(12)7-11(9)13/h6-7H,3-5,12H2,1-2H3. The molecule has 0 radical (unpaired) electrons. The molecule has 1 aromatic carbocycles. The summed E-state index contributed by atoms with van der Waals surface area (Å²) in [5, 5.41) is 0. The van der Waals surface area contributed by atoms with Crippen LogP contribution >= 0.6 is 0 Å². The summed E-state index contributed by atoms with van der Waals surface area (Å²) in [6.07, 6.45) is 1.17. The van der Waals surface area contributed by atoms with Gasteiger partial charge in [-0.05, 0) is 37.5 Å². The zero-order valence-corrected chi connectivity index (χ0v) is 8.30. The van der Waals surface area contributed by atoms with Gasteiger partial charge in [0.1, 0.15) is 0 Å². The molecule has 0 saturated carbocycles. The highest BCUT2D eigenvalue weighted by atomic mass is 15.1. The van der Waals surface area contributed by atoms with E-state index in [1.807, 2.05) is 0 Å². The van der Waals surface area contributed by atoms with Crippen LogP contribution in [0.15, 0.2) is 12.1 Å². The average molecular weight is 176 g/mol. The summed E-state index contributed by atoms with van der Waals surface area (Å²) in [5.41, 5.74) is 10.8. The molecule has 0 spiro atoms. The third-order valence-corrected chi connectivity index (χ3v) is 2.84. The highest BCUT2D eigenvalue weighted by Crippen LogP contribution is 2.31. The number of aryl methyl sites for hydroxylation is 1. The zero-order valence-electron chi connectivity index (χ0n) is 8.30. The third kappa shape index (κ3) is 1.26. The minimum absolute atomic E-state index is 0.916. The number of hydrogen-bond donors (Lipinski definition) is 1. The second kappa shape index (κ2) is 2.95. The van der Waals surface area contributed by atoms with Crippen LogP contribution in [-0.2, 0) is 6.42 Å². The van der Waals surface area contributed by atoms with Gasteiger partial charge in [-0.3, -0.25) is 0 Å². The second-order valence-electron chi connectivity index (χ2n) is 3.67. The van der Waals surface area contributed by atoms with Gasteiger partial charge in [0.05, 0.1) is 0 Å². The fourth-order valence-corrected chi connectivity index (χ4v) is 1.97. The largest absolute Gasteiger partial charge is 0.398 e. The molecule has 0 aliphatic carbocycles. The molecule has 0 saturated heterocycles. The first-order valence-electron chi connectivity index (χ1n) is 4.86. The van der Waals surface area contributed by atoms with Crippen LogP contribution < -0.4 is 10.6 Å². The minimum Gasteiger partial charge on any atom is -0.398 e. The zero-order chi connectivity index (χ0) is 9.42. The summed E-state index contributed by atoms with van der Waals surface area (Å²) < 4.78 is 0. The van der Waals surface area contributed by atoms with Gasteiger partial charge < -0.3 is 10.6 Å². The van der Waals surface area contributed by atoms with Crippen molar-refractivity contribution < 1.29 is 0 Å². The number of nitrogens with two attached hydrogens (primary N) is 1. The summed E-state index contributed by atoms with van der Waals surface area (Å²) in [6.45, 7) is 6.49. The van der Waals surface area contributed by atoms with E-state index in [4.69, 9.17) is 5.73 Å². The van der Waals surface area contributed by atoms with Gasteiger partial charge >= 0.3 is 0 Å². The van der Waals surface area contributed by atoms with E-state index in [-0.39, 0.29) is 0 Å². The molecule has 0 unspecified atom stereocenters. The van der Waals surface area contributed by atoms with Gasteiger partial charge in [-0.1, -0.05) is 6.07 Å². The SMILES string of the molecule is CCN1CCc2cc(C)c(N)cc21. The maximum Gasteiger partial charge on any atom is 0.0420 e. The Balaban J connectivity index is 2.47. The predicted octanol–water partition coefficient (Wildman–Crippen LogP) is 1.96. The average Bonchev–Trinajstić information content (AvgIpc) is 2.48. The first-order chi connectivity index (χ1) is 6.22. The first kappa shape index (κ1) is 8.42. The molecule has 0 atom stereocenters. The maximum atomic E-state index is 5.88. The highest BCUT2D eigenvalue weighted by Gasteiger charge is 2.18. The van der Waals surface area contributed by atoms with Gasteiger partial charge in [0.25, 0.3) is 0 Å². The van der Waals surface area contributed by atoms with Crippen LogP contribution in [0.25, 0.3) is 0 Å². The van der Waals surface area contributed by atoms with Crippen molar-refractivity contribution in [1.29, 1.82) is 0 Å². The molecule has 1 aliphatic heterocycles. The Morgan fingerprint density at radius 2 is 2.23 bits per heavy atom. The van der Waals surface area contributed by atoms with Crippen molar-refractivity contribution in [1.82, 2.24) is 0 Å². The van der Waals surface area contributed by atoms with Crippen LogP contribution in [0.3, 0.4) is 0 Å². The molecule has 70 valence electrons. The number of hydrogen-bond acceptors (Lipinski definition) is 2. The molecule has 13 heavy (non-hydrogen) atoms. The lowest BCUT2D eigenvalue weighted by molar-refractivity contribution is 0.868. The number of fused-ring (bicyclic) bond motifs is 1. The number of likely N-dealkylation sites (N-methyl/N-ethyl adjacent to an activating group) is 1. The Morgan fingerprint density at radius 3 is 2.92 bits per heavy atom. The maximum absolute atomic E-state index is 5.88. The van der Waals surface area contributed by atoms with Crippen LogP contribution in [0.1, 0.15) is 18.1 Å². The van der Waals surface area contributed by atoms with Crippen molar-refractivity contribution >= 4 is 11.4 Å². The molecule has 1 heterocycles. The topological polar surface area (TPSA) is 29.3 Å². The minimum atomic E-state index is 0.916. The molecule has 2 rings (SSSR count). The monoisotopic (exact) mass is 176 g/mol. The van der Waals surface area contributed by atoms with E-state index in [2.05, 4.69) is 30.9 Å². The van der Waals surface area contributed by atoms with Crippen molar-refractivity contribution in [2.75, 3.05) is 23.7 Å². The summed E-state index contributed by atoms with van der Waals surface area (Å²) in [4.78, 5) is 2.38. The fourth-order valence-electron chi connectivity index (χ4n) is 1.97. The Bertz CT molecular complexity index is 331. The normalized spacial score (nSPS) is 14.8. The predicted molar refractivity (Wildman–Crippen MR) is 57.2 cm³/mol. The first-order valence-corrected chi connectivity index (χ1v) is 4.86. The van der Waals surface area contributed by atoms with Gasteiger partial charge in [-0.25, -0.2) is 0 Å². The molecule has 0 amide bonds. The number of anilines is 2. The van der Waals surface area contributed by atoms with E-state index in [0.29, 0.717) is 0 Å². The van der Waals surface area contributed by atoms with Crippen molar-refractivity contribution in [3.8, 4) is 0 Å². The smallest absolute Gasteiger partial charge is 0.0420 e. The molecule has 2 heteroatoms. The van der Waals surface area contributed by atoms with Crippen molar-refractivity contribution in [3.63, 3.8) is 0 Å². The van der Waals surface area contributed by atoms with Gasteiger partial charge in [0.15, 0.2) is 0 Å². The second-order valence-corrected chi connectivity index (χ2v) is 3.67. The highest BCUT2D eigenvalue weighted by molar-refractivity contribution is 5.66. The Morgan fingerprint density at radius 1 is 1.46 bits per heavy atom. The molecule has 0 aromatic heterocycles. The number of rotatable bonds is 1. The van der Waals surface area contributed by atoms with E-state index in [1.54, 1.807) is 0 Å². The fraction of sp³-hybridized carbons (Fsp3) is 0.455. The molecule has 1 aromatic rings. The van der Waals surface area contributed by atoms with E-state index < -0.39 is 0 Å².